The van der Waals surface area contributed by atoms with E-state index in [1.807, 2.05) is 51.1 Å². The Labute approximate surface area is 198 Å². The van der Waals surface area contributed by atoms with Crippen molar-refractivity contribution in [1.29, 1.82) is 0 Å². The minimum absolute atomic E-state index is 0.273. The number of rotatable bonds is 13. The predicted molar refractivity (Wildman–Crippen MR) is 136 cm³/mol. The molecule has 1 amide bonds. The predicted octanol–water partition coefficient (Wildman–Crippen LogP) is 4.85. The van der Waals surface area contributed by atoms with Crippen molar-refractivity contribution in [3.05, 3.63) is 66.3 Å². The Bertz CT molecular complexity index is 886. The number of nitrogens with zero attached hydrogens (tertiary/aromatic N) is 2. The number of para-hydroxylation sites is 2. The summed E-state index contributed by atoms with van der Waals surface area (Å²) in [6, 6.07) is 11.1. The van der Waals surface area contributed by atoms with Gasteiger partial charge in [-0.1, -0.05) is 32.0 Å². The monoisotopic (exact) mass is 453 g/mol. The van der Waals surface area contributed by atoms with Gasteiger partial charge in [-0.15, -0.1) is 0 Å². The first-order valence-corrected chi connectivity index (χ1v) is 11.6. The Kier molecular flexibility index (Phi) is 10.4. The molecular weight excluding hydrogens is 414 g/mol. The van der Waals surface area contributed by atoms with Gasteiger partial charge in [0.05, 0.1) is 11.4 Å². The number of carbonyl (C=O) groups is 1. The van der Waals surface area contributed by atoms with Crippen molar-refractivity contribution < 1.29 is 9.53 Å². The molecule has 2 aromatic rings. The molecule has 0 spiro atoms. The van der Waals surface area contributed by atoms with E-state index in [1.165, 1.54) is 0 Å². The number of benzene rings is 1. The van der Waals surface area contributed by atoms with E-state index in [2.05, 4.69) is 46.3 Å². The molecule has 3 N–H and O–H groups in total. The summed E-state index contributed by atoms with van der Waals surface area (Å²) in [6.07, 6.45) is 2.85. The van der Waals surface area contributed by atoms with Crippen LogP contribution in [0, 0.1) is 0 Å². The van der Waals surface area contributed by atoms with Crippen molar-refractivity contribution in [2.75, 3.05) is 36.8 Å². The van der Waals surface area contributed by atoms with E-state index in [4.69, 9.17) is 4.74 Å². The third-order valence-electron chi connectivity index (χ3n) is 4.99. The zero-order valence-corrected chi connectivity index (χ0v) is 20.7. The molecular formula is C26H39N5O2. The maximum atomic E-state index is 12.7. The average Bonchev–Trinajstić information content (AvgIpc) is 2.76. The molecule has 1 heterocycles. The van der Waals surface area contributed by atoms with Crippen LogP contribution >= 0.6 is 0 Å². The number of carbonyl (C=O) groups excluding carboxylic acids is 1. The number of nitrogens with one attached hydrogen (secondary N) is 3. The van der Waals surface area contributed by atoms with Crippen LogP contribution in [0.1, 0.15) is 57.1 Å². The van der Waals surface area contributed by atoms with Crippen LogP contribution in [0.15, 0.2) is 55.1 Å². The van der Waals surface area contributed by atoms with Crippen molar-refractivity contribution in [3.63, 3.8) is 0 Å². The molecule has 0 radical (unpaired) electrons. The lowest BCUT2D eigenvalue weighted by Gasteiger charge is -2.24. The first-order chi connectivity index (χ1) is 15.7. The molecule has 0 fully saturated rings. The van der Waals surface area contributed by atoms with E-state index in [1.54, 1.807) is 12.3 Å². The number of pyridine rings is 1. The zero-order valence-electron chi connectivity index (χ0n) is 20.7. The molecule has 0 aliphatic rings. The molecule has 0 aliphatic heterocycles. The fourth-order valence-electron chi connectivity index (χ4n) is 3.30. The Morgan fingerprint density at radius 2 is 1.73 bits per heavy atom. The second-order valence-corrected chi connectivity index (χ2v) is 8.87. The van der Waals surface area contributed by atoms with E-state index in [-0.39, 0.29) is 11.5 Å². The third kappa shape index (κ3) is 9.63. The maximum absolute atomic E-state index is 12.7. The summed E-state index contributed by atoms with van der Waals surface area (Å²) in [5, 5.41) is 9.47. The molecule has 0 bridgehead atoms. The molecule has 1 aromatic heterocycles. The van der Waals surface area contributed by atoms with Gasteiger partial charge >= 0.3 is 0 Å². The van der Waals surface area contributed by atoms with Gasteiger partial charge in [0, 0.05) is 12.7 Å². The standard InChI is InChI=1S/C26H39N5O2/c1-7-31(8-2)17-11-16-27-18-21-14-15-24(28-19-21)25(32)30-23-13-10-9-12-22(23)29-20(3)33-26(4,5)6/h9-10,12-15,19,27,29H,3,7-8,11,16-18H2,1-2,4-6H3,(H,30,32). The zero-order chi connectivity index (χ0) is 24.3. The summed E-state index contributed by atoms with van der Waals surface area (Å²) in [7, 11) is 0. The number of amides is 1. The second-order valence-electron chi connectivity index (χ2n) is 8.87. The number of hydrogen-bond donors (Lipinski definition) is 3. The Morgan fingerprint density at radius 1 is 1.06 bits per heavy atom. The van der Waals surface area contributed by atoms with E-state index in [9.17, 15) is 4.79 Å². The van der Waals surface area contributed by atoms with Crippen LogP contribution in [-0.4, -0.2) is 47.6 Å². The highest BCUT2D eigenvalue weighted by Gasteiger charge is 2.15. The molecule has 0 saturated heterocycles. The lowest BCUT2D eigenvalue weighted by molar-refractivity contribution is 0.0565. The number of anilines is 2. The van der Waals surface area contributed by atoms with Gasteiger partial charge in [-0.2, -0.15) is 0 Å². The topological polar surface area (TPSA) is 78.5 Å². The van der Waals surface area contributed by atoms with Crippen molar-refractivity contribution in [3.8, 4) is 0 Å². The van der Waals surface area contributed by atoms with E-state index >= 15 is 0 Å². The van der Waals surface area contributed by atoms with Gasteiger partial charge in [0.25, 0.3) is 5.91 Å². The lowest BCUT2D eigenvalue weighted by Crippen LogP contribution is -2.27. The maximum Gasteiger partial charge on any atom is 0.274 e. The molecule has 33 heavy (non-hydrogen) atoms. The summed E-state index contributed by atoms with van der Waals surface area (Å²) >= 11 is 0. The van der Waals surface area contributed by atoms with Gasteiger partial charge in [-0.05, 0) is 83.7 Å². The van der Waals surface area contributed by atoms with Crippen LogP contribution in [0.4, 0.5) is 11.4 Å². The van der Waals surface area contributed by atoms with E-state index in [0.29, 0.717) is 23.0 Å². The van der Waals surface area contributed by atoms with Crippen LogP contribution in [0.25, 0.3) is 0 Å². The minimum Gasteiger partial charge on any atom is -0.474 e. The summed E-state index contributed by atoms with van der Waals surface area (Å²) in [4.78, 5) is 19.5. The third-order valence-corrected chi connectivity index (χ3v) is 4.99. The van der Waals surface area contributed by atoms with Crippen molar-refractivity contribution in [2.24, 2.45) is 0 Å². The fourth-order valence-corrected chi connectivity index (χ4v) is 3.30. The molecule has 1 aromatic carbocycles. The number of aromatic nitrogens is 1. The Morgan fingerprint density at radius 3 is 2.30 bits per heavy atom. The fraction of sp³-hybridized carbons (Fsp3) is 0.462. The molecule has 2 rings (SSSR count). The Hall–Kier alpha value is -2.90. The van der Waals surface area contributed by atoms with Crippen molar-refractivity contribution >= 4 is 17.3 Å². The van der Waals surface area contributed by atoms with Gasteiger partial charge in [0.2, 0.25) is 0 Å². The highest BCUT2D eigenvalue weighted by atomic mass is 16.5. The van der Waals surface area contributed by atoms with Gasteiger partial charge in [0.1, 0.15) is 11.3 Å². The smallest absolute Gasteiger partial charge is 0.274 e. The molecule has 0 saturated carbocycles. The van der Waals surface area contributed by atoms with Crippen molar-refractivity contribution in [2.45, 2.75) is 53.2 Å². The van der Waals surface area contributed by atoms with Crippen LogP contribution in [0.5, 0.6) is 0 Å². The first-order valence-electron chi connectivity index (χ1n) is 11.6. The molecule has 0 atom stereocenters. The summed E-state index contributed by atoms with van der Waals surface area (Å²) in [5.41, 5.74) is 2.37. The SMILES string of the molecule is C=C(Nc1ccccc1NC(=O)c1ccc(CNCCCN(CC)CC)cn1)OC(C)(C)C. The summed E-state index contributed by atoms with van der Waals surface area (Å²) in [6.45, 7) is 19.1. The van der Waals surface area contributed by atoms with Gasteiger partial charge < -0.3 is 25.6 Å². The molecule has 0 unspecified atom stereocenters. The van der Waals surface area contributed by atoms with Crippen LogP contribution in [0.2, 0.25) is 0 Å². The molecule has 7 heteroatoms. The summed E-state index contributed by atoms with van der Waals surface area (Å²) in [5.74, 6) is 0.140. The highest BCUT2D eigenvalue weighted by Crippen LogP contribution is 2.24. The Balaban J connectivity index is 1.88. The molecule has 7 nitrogen and oxygen atoms in total. The van der Waals surface area contributed by atoms with E-state index < -0.39 is 0 Å². The largest absolute Gasteiger partial charge is 0.474 e. The highest BCUT2D eigenvalue weighted by molar-refractivity contribution is 6.04. The van der Waals surface area contributed by atoms with Gasteiger partial charge in [0.15, 0.2) is 5.88 Å². The van der Waals surface area contributed by atoms with Gasteiger partial charge in [-0.25, -0.2) is 0 Å². The number of hydrogen-bond acceptors (Lipinski definition) is 6. The van der Waals surface area contributed by atoms with E-state index in [0.717, 1.165) is 44.7 Å². The van der Waals surface area contributed by atoms with Crippen LogP contribution in [0.3, 0.4) is 0 Å². The second kappa shape index (κ2) is 13.0. The van der Waals surface area contributed by atoms with Gasteiger partial charge in [-0.3, -0.25) is 9.78 Å². The molecule has 0 aliphatic carbocycles. The quantitative estimate of drug-likeness (QED) is 0.297. The average molecular weight is 454 g/mol. The van der Waals surface area contributed by atoms with Crippen molar-refractivity contribution in [1.82, 2.24) is 15.2 Å². The van der Waals surface area contributed by atoms with Crippen LogP contribution < -0.4 is 16.0 Å². The number of ether oxygens (including phenoxy) is 1. The normalized spacial score (nSPS) is 11.3. The minimum atomic E-state index is -0.367. The first kappa shape index (κ1) is 26.4. The summed E-state index contributed by atoms with van der Waals surface area (Å²) < 4.78 is 5.73. The molecule has 180 valence electrons. The van der Waals surface area contributed by atoms with Crippen LogP contribution in [-0.2, 0) is 11.3 Å². The lowest BCUT2D eigenvalue weighted by atomic mass is 10.2.